The molecule has 0 aliphatic carbocycles. The van der Waals surface area contributed by atoms with Crippen molar-refractivity contribution >= 4 is 11.9 Å². The molecule has 0 heterocycles. The molecule has 0 saturated carbocycles. The first-order chi connectivity index (χ1) is 17.6. The molecule has 1 atom stereocenters. The molecule has 4 nitrogen and oxygen atoms in total. The van der Waals surface area contributed by atoms with Gasteiger partial charge in [0.2, 0.25) is 0 Å². The van der Waals surface area contributed by atoms with Gasteiger partial charge in [-0.15, -0.1) is 0 Å². The Labute approximate surface area is 224 Å². The van der Waals surface area contributed by atoms with Crippen LogP contribution in [0.3, 0.4) is 0 Å². The second kappa shape index (κ2) is 28.5. The molecule has 0 radical (unpaired) electrons. The van der Waals surface area contributed by atoms with Crippen LogP contribution in [0, 0.1) is 0 Å². The van der Waals surface area contributed by atoms with Crippen LogP contribution < -0.4 is 0 Å². The molecule has 4 heteroatoms. The zero-order valence-corrected chi connectivity index (χ0v) is 24.3. The number of ether oxygens (including phenoxy) is 1. The Morgan fingerprint density at radius 1 is 0.500 bits per heavy atom. The molecular formula is C32H62O4. The average Bonchev–Trinajstić information content (AvgIpc) is 2.85. The van der Waals surface area contributed by atoms with Crippen LogP contribution in [0.2, 0.25) is 0 Å². The highest BCUT2D eigenvalue weighted by atomic mass is 16.5. The summed E-state index contributed by atoms with van der Waals surface area (Å²) in [5.74, 6) is -0.881. The van der Waals surface area contributed by atoms with E-state index in [1.807, 2.05) is 0 Å². The van der Waals surface area contributed by atoms with Crippen molar-refractivity contribution < 1.29 is 19.4 Å². The summed E-state index contributed by atoms with van der Waals surface area (Å²) >= 11 is 0. The number of carbonyl (C=O) groups excluding carboxylic acids is 1. The van der Waals surface area contributed by atoms with Crippen molar-refractivity contribution in [2.75, 3.05) is 0 Å². The van der Waals surface area contributed by atoms with Gasteiger partial charge in [-0.1, -0.05) is 149 Å². The van der Waals surface area contributed by atoms with Gasteiger partial charge in [0.15, 0.2) is 0 Å². The molecule has 0 spiro atoms. The van der Waals surface area contributed by atoms with Crippen LogP contribution in [0.15, 0.2) is 0 Å². The maximum absolute atomic E-state index is 12.2. The third-order valence-electron chi connectivity index (χ3n) is 7.33. The van der Waals surface area contributed by atoms with E-state index >= 15 is 0 Å². The van der Waals surface area contributed by atoms with Crippen molar-refractivity contribution in [3.05, 3.63) is 0 Å². The smallest absolute Gasteiger partial charge is 0.306 e. The van der Waals surface area contributed by atoms with Crippen LogP contribution >= 0.6 is 0 Å². The first-order valence-electron chi connectivity index (χ1n) is 16.0. The van der Waals surface area contributed by atoms with E-state index in [0.717, 1.165) is 32.1 Å². The van der Waals surface area contributed by atoms with Gasteiger partial charge in [0, 0.05) is 12.8 Å². The lowest BCUT2D eigenvalue weighted by Crippen LogP contribution is -2.18. The summed E-state index contributed by atoms with van der Waals surface area (Å²) in [7, 11) is 0. The molecule has 214 valence electrons. The first kappa shape index (κ1) is 34.9. The maximum atomic E-state index is 12.2. The van der Waals surface area contributed by atoms with Gasteiger partial charge >= 0.3 is 11.9 Å². The van der Waals surface area contributed by atoms with Gasteiger partial charge in [-0.3, -0.25) is 9.59 Å². The van der Waals surface area contributed by atoms with E-state index in [4.69, 9.17) is 9.84 Å². The quantitative estimate of drug-likeness (QED) is 0.0802. The number of hydrogen-bond acceptors (Lipinski definition) is 3. The second-order valence-corrected chi connectivity index (χ2v) is 11.0. The number of aliphatic carboxylic acids is 1. The second-order valence-electron chi connectivity index (χ2n) is 11.0. The van der Waals surface area contributed by atoms with E-state index in [2.05, 4.69) is 13.8 Å². The van der Waals surface area contributed by atoms with Crippen LogP contribution in [-0.4, -0.2) is 23.1 Å². The zero-order chi connectivity index (χ0) is 26.5. The van der Waals surface area contributed by atoms with E-state index in [-0.39, 0.29) is 18.5 Å². The molecular weight excluding hydrogens is 448 g/mol. The van der Waals surface area contributed by atoms with Gasteiger partial charge < -0.3 is 9.84 Å². The van der Waals surface area contributed by atoms with Gasteiger partial charge in [-0.05, 0) is 25.7 Å². The summed E-state index contributed by atoms with van der Waals surface area (Å²) in [6.45, 7) is 4.41. The monoisotopic (exact) mass is 510 g/mol. The van der Waals surface area contributed by atoms with Gasteiger partial charge in [-0.2, -0.15) is 0 Å². The van der Waals surface area contributed by atoms with Gasteiger partial charge in [-0.25, -0.2) is 0 Å². The lowest BCUT2D eigenvalue weighted by Gasteiger charge is -2.17. The Balaban J connectivity index is 3.41. The van der Waals surface area contributed by atoms with E-state index in [1.165, 1.54) is 116 Å². The lowest BCUT2D eigenvalue weighted by molar-refractivity contribution is -0.150. The van der Waals surface area contributed by atoms with Crippen LogP contribution in [0.4, 0.5) is 0 Å². The summed E-state index contributed by atoms with van der Waals surface area (Å²) in [6, 6.07) is 0. The molecule has 0 rings (SSSR count). The fraction of sp³-hybridized carbons (Fsp3) is 0.938. The molecule has 0 aromatic carbocycles. The van der Waals surface area contributed by atoms with Crippen molar-refractivity contribution in [3.63, 3.8) is 0 Å². The third-order valence-corrected chi connectivity index (χ3v) is 7.33. The highest BCUT2D eigenvalue weighted by Gasteiger charge is 2.14. The topological polar surface area (TPSA) is 63.6 Å². The fourth-order valence-electron chi connectivity index (χ4n) is 4.94. The predicted molar refractivity (Wildman–Crippen MR) is 154 cm³/mol. The van der Waals surface area contributed by atoms with Crippen LogP contribution in [0.25, 0.3) is 0 Å². The molecule has 36 heavy (non-hydrogen) atoms. The first-order valence-corrected chi connectivity index (χ1v) is 16.0. The number of carboxylic acids is 1. The molecule has 0 saturated heterocycles. The van der Waals surface area contributed by atoms with Crippen molar-refractivity contribution in [2.45, 2.75) is 193 Å². The summed E-state index contributed by atoms with van der Waals surface area (Å²) < 4.78 is 5.64. The Bertz CT molecular complexity index is 477. The summed E-state index contributed by atoms with van der Waals surface area (Å²) in [4.78, 5) is 22.9. The number of rotatable bonds is 29. The summed E-state index contributed by atoms with van der Waals surface area (Å²) in [6.07, 6.45) is 31.8. The summed E-state index contributed by atoms with van der Waals surface area (Å²) in [5, 5.41) is 8.81. The molecule has 0 aromatic heterocycles. The van der Waals surface area contributed by atoms with Gasteiger partial charge in [0.1, 0.15) is 6.10 Å². The standard InChI is InChI=1S/C32H62O4/c1-3-5-7-8-9-10-11-12-13-14-15-16-17-18-19-20-21-22-23-24-29-32(35)36-30(26-6-4-2)27-25-28-31(33)34/h30H,3-29H2,1-2H3,(H,33,34). The van der Waals surface area contributed by atoms with Crippen LogP contribution in [0.1, 0.15) is 187 Å². The zero-order valence-electron chi connectivity index (χ0n) is 24.3. The fourth-order valence-corrected chi connectivity index (χ4v) is 4.94. The Morgan fingerprint density at radius 2 is 0.861 bits per heavy atom. The number of carboxylic acid groups (broad SMARTS) is 1. The molecule has 1 N–H and O–H groups in total. The van der Waals surface area contributed by atoms with Gasteiger partial charge in [0.05, 0.1) is 0 Å². The van der Waals surface area contributed by atoms with Crippen LogP contribution in [-0.2, 0) is 14.3 Å². The molecule has 0 aliphatic rings. The maximum Gasteiger partial charge on any atom is 0.306 e. The molecule has 0 bridgehead atoms. The number of carbonyl (C=O) groups is 2. The van der Waals surface area contributed by atoms with Crippen molar-refractivity contribution in [1.29, 1.82) is 0 Å². The van der Waals surface area contributed by atoms with Crippen molar-refractivity contribution in [1.82, 2.24) is 0 Å². The van der Waals surface area contributed by atoms with Crippen LogP contribution in [0.5, 0.6) is 0 Å². The van der Waals surface area contributed by atoms with E-state index in [0.29, 0.717) is 19.3 Å². The molecule has 0 amide bonds. The van der Waals surface area contributed by atoms with Gasteiger partial charge in [0.25, 0.3) is 0 Å². The highest BCUT2D eigenvalue weighted by Crippen LogP contribution is 2.17. The average molecular weight is 511 g/mol. The minimum Gasteiger partial charge on any atom is -0.481 e. The largest absolute Gasteiger partial charge is 0.481 e. The van der Waals surface area contributed by atoms with E-state index in [9.17, 15) is 9.59 Å². The Morgan fingerprint density at radius 3 is 1.25 bits per heavy atom. The molecule has 0 fully saturated rings. The summed E-state index contributed by atoms with van der Waals surface area (Å²) in [5.41, 5.74) is 0. The minimum atomic E-state index is -0.778. The number of esters is 1. The Kier molecular flexibility index (Phi) is 27.7. The predicted octanol–water partition coefficient (Wildman–Crippen LogP) is 10.6. The SMILES string of the molecule is CCCCCCCCCCCCCCCCCCCCCCC(=O)OC(CCCC)CCCC(=O)O. The normalized spacial score (nSPS) is 12.1. The number of hydrogen-bond donors (Lipinski definition) is 1. The van der Waals surface area contributed by atoms with Crippen molar-refractivity contribution in [2.24, 2.45) is 0 Å². The minimum absolute atomic E-state index is 0.103. The number of unbranched alkanes of at least 4 members (excludes halogenated alkanes) is 20. The van der Waals surface area contributed by atoms with E-state index in [1.54, 1.807) is 0 Å². The van der Waals surface area contributed by atoms with Crippen molar-refractivity contribution in [3.8, 4) is 0 Å². The Hall–Kier alpha value is -1.06. The molecule has 1 unspecified atom stereocenters. The molecule has 0 aromatic rings. The molecule has 0 aliphatic heterocycles. The highest BCUT2D eigenvalue weighted by molar-refractivity contribution is 5.69. The third kappa shape index (κ3) is 27.5. The lowest BCUT2D eigenvalue weighted by atomic mass is 10.0. The van der Waals surface area contributed by atoms with E-state index < -0.39 is 5.97 Å².